The second-order valence-corrected chi connectivity index (χ2v) is 7.75. The van der Waals surface area contributed by atoms with Gasteiger partial charge in [-0.05, 0) is 6.07 Å². The number of allylic oxidation sites excluding steroid dienone is 2. The van der Waals surface area contributed by atoms with Crippen LogP contribution in [0, 0.1) is 0 Å². The molecule has 234 valence electrons. The number of hydrogen-bond donors (Lipinski definition) is 1. The lowest BCUT2D eigenvalue weighted by Crippen LogP contribution is -2.67. The topological polar surface area (TPSA) is 72.6 Å². The molecule has 0 bridgehead atoms. The average Bonchev–Trinajstić information content (AvgIpc) is 2.67. The summed E-state index contributed by atoms with van der Waals surface area (Å²) >= 11 is 0. The first-order chi connectivity index (χ1) is 17.9. The first-order valence-electron chi connectivity index (χ1n) is 9.72. The van der Waals surface area contributed by atoms with Gasteiger partial charge in [-0.1, -0.05) is 0 Å². The molecule has 0 heterocycles. The predicted octanol–water partition coefficient (Wildman–Crippen LogP) is 7.03. The number of benzene rings is 1. The van der Waals surface area contributed by atoms with Crippen LogP contribution in [0.25, 0.3) is 0 Å². The van der Waals surface area contributed by atoms with Crippen molar-refractivity contribution in [3.63, 3.8) is 0 Å². The molecule has 0 fully saturated rings. The van der Waals surface area contributed by atoms with Crippen LogP contribution in [-0.2, 0) is 9.59 Å². The molecule has 0 unspecified atom stereocenters. The largest absolute Gasteiger partial charge is 0.452 e. The summed E-state index contributed by atoms with van der Waals surface area (Å²) < 4.78 is 234. The SMILES string of the molecule is CC(=O)N(C(C)=O)c1cc(N)cc(OC(=C(C(F)(C(F)(F)F)C(F)(F)F)C(F)(C(F)(F)F)C(F)(F)F)C(F)(F)F)c1. The molecule has 0 spiro atoms. The minimum atomic E-state index is -8.36. The van der Waals surface area contributed by atoms with Crippen molar-refractivity contribution in [2.45, 2.75) is 56.1 Å². The monoisotopic (exact) mass is 638 g/mol. The summed E-state index contributed by atoms with van der Waals surface area (Å²) in [5, 5.41) is 0. The lowest BCUT2D eigenvalue weighted by atomic mass is 9.79. The molecule has 0 aromatic heterocycles. The first-order valence-corrected chi connectivity index (χ1v) is 9.72. The molecular formula is C19H11F17N2O3. The van der Waals surface area contributed by atoms with Gasteiger partial charge >= 0.3 is 42.2 Å². The van der Waals surface area contributed by atoms with Crippen LogP contribution in [-0.4, -0.2) is 54.0 Å². The fraction of sp³-hybridized carbons (Fsp3) is 0.474. The number of hydrogen-bond acceptors (Lipinski definition) is 4. The summed E-state index contributed by atoms with van der Waals surface area (Å²) in [7, 11) is 0. The number of carbonyl (C=O) groups excluding carboxylic acids is 2. The molecule has 0 aliphatic rings. The van der Waals surface area contributed by atoms with E-state index in [4.69, 9.17) is 5.73 Å². The molecule has 0 saturated heterocycles. The highest BCUT2D eigenvalue weighted by Gasteiger charge is 2.88. The van der Waals surface area contributed by atoms with Crippen molar-refractivity contribution in [3.8, 4) is 5.75 Å². The molecule has 1 aromatic carbocycles. The van der Waals surface area contributed by atoms with Crippen molar-refractivity contribution in [1.82, 2.24) is 0 Å². The van der Waals surface area contributed by atoms with Gasteiger partial charge in [0.05, 0.1) is 11.3 Å². The van der Waals surface area contributed by atoms with Gasteiger partial charge in [0.15, 0.2) is 0 Å². The van der Waals surface area contributed by atoms with E-state index in [2.05, 4.69) is 4.74 Å². The standard InChI is InChI=1S/C19H11F17N2O3/c1-6(39)38(7(2)40)9-3-8(37)4-10(5-9)41-12(15(22,23)24)11(13(20,16(25,26)27)17(28,29)30)14(21,18(31,32)33)19(34,35)36/h3-5H,37H2,1-2H3. The van der Waals surface area contributed by atoms with Gasteiger partial charge < -0.3 is 10.5 Å². The second-order valence-electron chi connectivity index (χ2n) is 7.75. The Balaban J connectivity index is 4.57. The molecule has 0 aliphatic heterocycles. The van der Waals surface area contributed by atoms with Gasteiger partial charge in [-0.3, -0.25) is 14.5 Å². The molecular weight excluding hydrogens is 627 g/mol. The first kappa shape index (κ1) is 35.5. The zero-order valence-corrected chi connectivity index (χ0v) is 19.4. The number of ether oxygens (including phenoxy) is 1. The second kappa shape index (κ2) is 10.4. The molecule has 41 heavy (non-hydrogen) atoms. The summed E-state index contributed by atoms with van der Waals surface area (Å²) in [6.45, 7) is 1.19. The summed E-state index contributed by atoms with van der Waals surface area (Å²) in [4.78, 5) is 23.3. The summed E-state index contributed by atoms with van der Waals surface area (Å²) in [5.74, 6) is -9.37. The Bertz CT molecular complexity index is 1120. The van der Waals surface area contributed by atoms with E-state index in [0.29, 0.717) is 19.9 Å². The number of carbonyl (C=O) groups is 2. The van der Waals surface area contributed by atoms with Gasteiger partial charge in [0, 0.05) is 31.7 Å². The van der Waals surface area contributed by atoms with Gasteiger partial charge in [0.1, 0.15) is 5.75 Å². The molecule has 1 rings (SSSR count). The minimum Gasteiger partial charge on any atom is -0.452 e. The minimum absolute atomic E-state index is 0.0170. The molecule has 5 nitrogen and oxygen atoms in total. The molecule has 2 N–H and O–H groups in total. The van der Waals surface area contributed by atoms with E-state index >= 15 is 0 Å². The molecule has 0 atom stereocenters. The van der Waals surface area contributed by atoms with E-state index in [1.54, 1.807) is 0 Å². The number of nitrogens with zero attached hydrogens (tertiary/aromatic N) is 1. The van der Waals surface area contributed by atoms with E-state index in [9.17, 15) is 84.2 Å². The van der Waals surface area contributed by atoms with Gasteiger partial charge in [-0.15, -0.1) is 0 Å². The number of rotatable bonds is 5. The van der Waals surface area contributed by atoms with Crippen LogP contribution >= 0.6 is 0 Å². The highest BCUT2D eigenvalue weighted by atomic mass is 19.4. The van der Waals surface area contributed by atoms with Gasteiger partial charge in [0.2, 0.25) is 17.6 Å². The van der Waals surface area contributed by atoms with Gasteiger partial charge in [-0.2, -0.15) is 65.9 Å². The Morgan fingerprint density at radius 1 is 0.634 bits per heavy atom. The number of alkyl halides is 17. The Labute approximate surface area is 215 Å². The molecule has 22 heteroatoms. The Morgan fingerprint density at radius 2 is 0.976 bits per heavy atom. The number of imide groups is 1. The Hall–Kier alpha value is -3.49. The van der Waals surface area contributed by atoms with Crippen molar-refractivity contribution in [1.29, 1.82) is 0 Å². The lowest BCUT2D eigenvalue weighted by molar-refractivity contribution is -0.365. The van der Waals surface area contributed by atoms with Crippen molar-refractivity contribution >= 4 is 23.2 Å². The maximum Gasteiger partial charge on any atom is 0.449 e. The molecule has 0 radical (unpaired) electrons. The van der Waals surface area contributed by atoms with E-state index < -0.39 is 82.5 Å². The fourth-order valence-corrected chi connectivity index (χ4v) is 3.19. The van der Waals surface area contributed by atoms with Crippen molar-refractivity contribution in [2.24, 2.45) is 0 Å². The third-order valence-corrected chi connectivity index (χ3v) is 4.76. The normalized spacial score (nSPS) is 14.0. The maximum absolute atomic E-state index is 14.8. The summed E-state index contributed by atoms with van der Waals surface area (Å²) in [5.41, 5.74) is -19.2. The van der Waals surface area contributed by atoms with Crippen LogP contribution in [0.3, 0.4) is 0 Å². The third-order valence-electron chi connectivity index (χ3n) is 4.76. The van der Waals surface area contributed by atoms with Crippen LogP contribution in [0.15, 0.2) is 29.5 Å². The zero-order valence-electron chi connectivity index (χ0n) is 19.4. The van der Waals surface area contributed by atoms with Crippen LogP contribution in [0.5, 0.6) is 5.75 Å². The van der Waals surface area contributed by atoms with Gasteiger partial charge in [-0.25, -0.2) is 8.78 Å². The molecule has 0 aliphatic carbocycles. The number of anilines is 2. The molecule has 0 saturated carbocycles. The van der Waals surface area contributed by atoms with E-state index in [1.807, 2.05) is 0 Å². The van der Waals surface area contributed by atoms with E-state index in [0.717, 1.165) is 0 Å². The third kappa shape index (κ3) is 6.39. The van der Waals surface area contributed by atoms with Crippen LogP contribution in [0.1, 0.15) is 13.8 Å². The fourth-order valence-electron chi connectivity index (χ4n) is 3.19. The van der Waals surface area contributed by atoms with E-state index in [-0.39, 0.29) is 17.0 Å². The summed E-state index contributed by atoms with van der Waals surface area (Å²) in [6, 6.07) is 0.279. The lowest BCUT2D eigenvalue weighted by Gasteiger charge is -2.41. The van der Waals surface area contributed by atoms with Gasteiger partial charge in [0.25, 0.3) is 0 Å². The van der Waals surface area contributed by atoms with Crippen molar-refractivity contribution in [3.05, 3.63) is 29.5 Å². The predicted molar refractivity (Wildman–Crippen MR) is 100 cm³/mol. The smallest absolute Gasteiger partial charge is 0.449 e. The van der Waals surface area contributed by atoms with E-state index in [1.165, 1.54) is 0 Å². The Morgan fingerprint density at radius 3 is 1.24 bits per heavy atom. The quantitative estimate of drug-likeness (QED) is 0.214. The van der Waals surface area contributed by atoms with Crippen molar-refractivity contribution < 1.29 is 89.0 Å². The molecule has 2 amide bonds. The average molecular weight is 638 g/mol. The number of halogens is 17. The number of nitrogens with two attached hydrogens (primary N) is 1. The highest BCUT2D eigenvalue weighted by Crippen LogP contribution is 2.63. The van der Waals surface area contributed by atoms with Crippen LogP contribution < -0.4 is 15.4 Å². The zero-order chi connectivity index (χ0) is 32.9. The molecule has 1 aromatic rings. The Kier molecular flexibility index (Phi) is 9.02. The number of nitrogen functional groups attached to an aromatic ring is 1. The highest BCUT2D eigenvalue weighted by molar-refractivity contribution is 6.13. The van der Waals surface area contributed by atoms with Crippen LogP contribution in [0.4, 0.5) is 86.0 Å². The number of amides is 2. The summed E-state index contributed by atoms with van der Waals surface area (Å²) in [6.07, 6.45) is -40.1. The van der Waals surface area contributed by atoms with Crippen LogP contribution in [0.2, 0.25) is 0 Å². The maximum atomic E-state index is 14.8. The van der Waals surface area contributed by atoms with Crippen molar-refractivity contribution in [2.75, 3.05) is 10.6 Å².